The fourth-order valence-electron chi connectivity index (χ4n) is 3.87. The number of aromatic hydroxyl groups is 1. The highest BCUT2D eigenvalue weighted by atomic mass is 16.5. The van der Waals surface area contributed by atoms with Crippen molar-refractivity contribution in [3.8, 4) is 17.3 Å². The van der Waals surface area contributed by atoms with E-state index >= 15 is 0 Å². The second-order valence-electron chi connectivity index (χ2n) is 7.44. The number of para-hydroxylation sites is 1. The van der Waals surface area contributed by atoms with Crippen LogP contribution in [0.1, 0.15) is 16.7 Å². The maximum absolute atomic E-state index is 12.8. The SMILES string of the molecule is COc1cccc(-n2c(O)c(/C=C3\C(c4ccccc4)=Nc4ccccc43)c(=O)[nH]c2=O)c1. The van der Waals surface area contributed by atoms with Gasteiger partial charge in [0.15, 0.2) is 0 Å². The standard InChI is InChI=1S/C26H19N3O4/c1-33-18-11-7-10-17(14-18)29-25(31)21(24(30)28-26(29)32)15-20-19-12-5-6-13-22(19)27-23(20)16-8-3-2-4-9-16/h2-15,31H,1H3,(H,28,30,32)/b20-15-. The number of hydrogen-bond donors (Lipinski definition) is 2. The number of aliphatic imine (C=N–C) groups is 1. The number of nitrogens with one attached hydrogen (secondary N) is 1. The van der Waals surface area contributed by atoms with Gasteiger partial charge in [0.2, 0.25) is 5.88 Å². The van der Waals surface area contributed by atoms with Crippen molar-refractivity contribution >= 4 is 23.0 Å². The topological polar surface area (TPSA) is 96.7 Å². The summed E-state index contributed by atoms with van der Waals surface area (Å²) in [6.45, 7) is 0. The van der Waals surface area contributed by atoms with E-state index in [0.29, 0.717) is 22.7 Å². The first-order valence-electron chi connectivity index (χ1n) is 10.2. The summed E-state index contributed by atoms with van der Waals surface area (Å²) in [6, 6.07) is 23.8. The van der Waals surface area contributed by atoms with Gasteiger partial charge in [0.05, 0.1) is 24.2 Å². The lowest BCUT2D eigenvalue weighted by Crippen LogP contribution is -2.30. The maximum Gasteiger partial charge on any atom is 0.335 e. The molecule has 5 rings (SSSR count). The zero-order valence-electron chi connectivity index (χ0n) is 17.6. The summed E-state index contributed by atoms with van der Waals surface area (Å²) >= 11 is 0. The van der Waals surface area contributed by atoms with Crippen LogP contribution in [-0.4, -0.2) is 27.5 Å². The molecular weight excluding hydrogens is 418 g/mol. The summed E-state index contributed by atoms with van der Waals surface area (Å²) in [4.78, 5) is 32.4. The molecule has 2 heterocycles. The van der Waals surface area contributed by atoms with E-state index in [2.05, 4.69) is 4.98 Å². The molecule has 0 fully saturated rings. The third kappa shape index (κ3) is 3.55. The lowest BCUT2D eigenvalue weighted by atomic mass is 9.96. The Morgan fingerprint density at radius 3 is 2.52 bits per heavy atom. The third-order valence-corrected chi connectivity index (χ3v) is 5.45. The Kier molecular flexibility index (Phi) is 4.99. The van der Waals surface area contributed by atoms with Crippen molar-refractivity contribution in [1.82, 2.24) is 9.55 Å². The van der Waals surface area contributed by atoms with E-state index < -0.39 is 17.1 Å². The number of aromatic nitrogens is 2. The highest BCUT2D eigenvalue weighted by molar-refractivity contribution is 6.39. The Labute approximate surface area is 188 Å². The number of methoxy groups -OCH3 is 1. The average molecular weight is 437 g/mol. The van der Waals surface area contributed by atoms with Gasteiger partial charge in [-0.1, -0.05) is 54.6 Å². The van der Waals surface area contributed by atoms with Crippen LogP contribution in [0.5, 0.6) is 11.6 Å². The van der Waals surface area contributed by atoms with Crippen molar-refractivity contribution in [2.75, 3.05) is 7.11 Å². The number of allylic oxidation sites excluding steroid dienone is 1. The van der Waals surface area contributed by atoms with Crippen LogP contribution in [0.25, 0.3) is 17.3 Å². The van der Waals surface area contributed by atoms with Gasteiger partial charge >= 0.3 is 5.69 Å². The van der Waals surface area contributed by atoms with Gasteiger partial charge in [-0.25, -0.2) is 14.4 Å². The van der Waals surface area contributed by atoms with Gasteiger partial charge in [-0.05, 0) is 24.3 Å². The van der Waals surface area contributed by atoms with E-state index in [1.165, 1.54) is 7.11 Å². The van der Waals surface area contributed by atoms with Crippen LogP contribution in [0.3, 0.4) is 0 Å². The lowest BCUT2D eigenvalue weighted by molar-refractivity contribution is 0.412. The quantitative estimate of drug-likeness (QED) is 0.506. The van der Waals surface area contributed by atoms with E-state index in [9.17, 15) is 14.7 Å². The fraction of sp³-hybridized carbons (Fsp3) is 0.0385. The minimum absolute atomic E-state index is 0.0484. The molecule has 0 bridgehead atoms. The van der Waals surface area contributed by atoms with Crippen molar-refractivity contribution in [2.45, 2.75) is 0 Å². The van der Waals surface area contributed by atoms with Crippen molar-refractivity contribution in [1.29, 1.82) is 0 Å². The first kappa shape index (κ1) is 20.3. The number of benzene rings is 3. The molecule has 0 spiro atoms. The normalized spacial score (nSPS) is 13.6. The van der Waals surface area contributed by atoms with E-state index in [1.54, 1.807) is 30.3 Å². The van der Waals surface area contributed by atoms with Crippen LogP contribution in [0, 0.1) is 0 Å². The molecule has 2 N–H and O–H groups in total. The summed E-state index contributed by atoms with van der Waals surface area (Å²) in [7, 11) is 1.51. The van der Waals surface area contributed by atoms with Gasteiger partial charge in [0, 0.05) is 22.8 Å². The molecule has 7 nitrogen and oxygen atoms in total. The number of ether oxygens (including phenoxy) is 1. The number of rotatable bonds is 4. The first-order chi connectivity index (χ1) is 16.1. The largest absolute Gasteiger partial charge is 0.497 e. The predicted molar refractivity (Wildman–Crippen MR) is 128 cm³/mol. The summed E-state index contributed by atoms with van der Waals surface area (Å²) < 4.78 is 6.26. The Balaban J connectivity index is 1.74. The molecule has 0 saturated heterocycles. The third-order valence-electron chi connectivity index (χ3n) is 5.45. The molecule has 7 heteroatoms. The molecule has 1 aliphatic heterocycles. The average Bonchev–Trinajstić information content (AvgIpc) is 3.21. The molecule has 0 amide bonds. The molecule has 0 aliphatic carbocycles. The molecule has 0 saturated carbocycles. The first-order valence-corrected chi connectivity index (χ1v) is 10.2. The Morgan fingerprint density at radius 1 is 0.970 bits per heavy atom. The van der Waals surface area contributed by atoms with E-state index in [1.807, 2.05) is 54.6 Å². The van der Waals surface area contributed by atoms with Gasteiger partial charge in [-0.2, -0.15) is 0 Å². The minimum atomic E-state index is -0.753. The fourth-order valence-corrected chi connectivity index (χ4v) is 3.87. The summed E-state index contributed by atoms with van der Waals surface area (Å²) in [6.07, 6.45) is 1.57. The molecule has 0 radical (unpaired) electrons. The smallest absolute Gasteiger partial charge is 0.335 e. The number of hydrogen-bond acceptors (Lipinski definition) is 5. The zero-order valence-corrected chi connectivity index (χ0v) is 17.6. The molecular formula is C26H19N3O4. The summed E-state index contributed by atoms with van der Waals surface area (Å²) in [5.74, 6) is 0.0365. The van der Waals surface area contributed by atoms with Gasteiger partial charge in [0.1, 0.15) is 11.3 Å². The van der Waals surface area contributed by atoms with E-state index in [-0.39, 0.29) is 5.56 Å². The zero-order chi connectivity index (χ0) is 22.9. The molecule has 4 aromatic rings. The van der Waals surface area contributed by atoms with Gasteiger partial charge in [-0.15, -0.1) is 0 Å². The van der Waals surface area contributed by atoms with Crippen LogP contribution in [0.15, 0.2) is 93.4 Å². The van der Waals surface area contributed by atoms with Crippen LogP contribution in [-0.2, 0) is 0 Å². The minimum Gasteiger partial charge on any atom is -0.497 e. The Hall–Kier alpha value is -4.65. The second-order valence-corrected chi connectivity index (χ2v) is 7.44. The highest BCUT2D eigenvalue weighted by Gasteiger charge is 2.24. The summed E-state index contributed by atoms with van der Waals surface area (Å²) in [5, 5.41) is 11.1. The number of fused-ring (bicyclic) bond motifs is 1. The second kappa shape index (κ2) is 8.12. The lowest BCUT2D eigenvalue weighted by Gasteiger charge is -2.12. The molecule has 162 valence electrons. The predicted octanol–water partition coefficient (Wildman–Crippen LogP) is 3.92. The van der Waals surface area contributed by atoms with Gasteiger partial charge < -0.3 is 9.84 Å². The van der Waals surface area contributed by atoms with E-state index in [4.69, 9.17) is 9.73 Å². The molecule has 33 heavy (non-hydrogen) atoms. The van der Waals surface area contributed by atoms with Crippen LogP contribution in [0.2, 0.25) is 0 Å². The Morgan fingerprint density at radius 2 is 1.73 bits per heavy atom. The molecule has 0 unspecified atom stereocenters. The number of aromatic amines is 1. The van der Waals surface area contributed by atoms with Crippen molar-refractivity contribution < 1.29 is 9.84 Å². The van der Waals surface area contributed by atoms with E-state index in [0.717, 1.165) is 21.4 Å². The molecule has 3 aromatic carbocycles. The maximum atomic E-state index is 12.8. The monoisotopic (exact) mass is 437 g/mol. The van der Waals surface area contributed by atoms with Crippen LogP contribution >= 0.6 is 0 Å². The summed E-state index contributed by atoms with van der Waals surface area (Å²) in [5.41, 5.74) is 2.68. The van der Waals surface area contributed by atoms with Gasteiger partial charge in [0.25, 0.3) is 5.56 Å². The molecule has 1 aliphatic rings. The Bertz CT molecular complexity index is 1550. The van der Waals surface area contributed by atoms with Crippen molar-refractivity contribution in [3.05, 3.63) is 116 Å². The van der Waals surface area contributed by atoms with Crippen LogP contribution < -0.4 is 16.0 Å². The highest BCUT2D eigenvalue weighted by Crippen LogP contribution is 2.38. The van der Waals surface area contributed by atoms with Crippen molar-refractivity contribution in [2.24, 2.45) is 4.99 Å². The number of H-pyrrole nitrogens is 1. The van der Waals surface area contributed by atoms with Gasteiger partial charge in [-0.3, -0.25) is 9.78 Å². The molecule has 1 aromatic heterocycles. The van der Waals surface area contributed by atoms with Crippen molar-refractivity contribution in [3.63, 3.8) is 0 Å². The molecule has 0 atom stereocenters. The number of nitrogens with zero attached hydrogens (tertiary/aromatic N) is 2. The van der Waals surface area contributed by atoms with Crippen LogP contribution in [0.4, 0.5) is 5.69 Å².